The first-order valence-corrected chi connectivity index (χ1v) is 3.15. The average molecular weight is 204 g/mol. The molecule has 0 saturated heterocycles. The van der Waals surface area contributed by atoms with E-state index in [4.69, 9.17) is 10.2 Å². The maximum atomic E-state index is 10.5. The zero-order valence-electron chi connectivity index (χ0n) is 6.28. The molecule has 1 atom stereocenters. The van der Waals surface area contributed by atoms with Crippen molar-refractivity contribution in [2.75, 3.05) is 0 Å². The molecule has 0 amide bonds. The van der Waals surface area contributed by atoms with Gasteiger partial charge in [-0.15, -0.1) is 6.58 Å². The van der Waals surface area contributed by atoms with Crippen LogP contribution in [0.5, 0.6) is 0 Å². The Morgan fingerprint density at radius 3 is 1.92 bits per heavy atom. The van der Waals surface area contributed by atoms with Crippen molar-refractivity contribution in [2.45, 2.75) is 6.42 Å². The molecule has 2 N–H and O–H groups in total. The smallest absolute Gasteiger partial charge is 0.321 e. The van der Waals surface area contributed by atoms with E-state index in [0.717, 1.165) is 0 Å². The summed E-state index contributed by atoms with van der Waals surface area (Å²) in [6.07, 6.45) is 1.55. The van der Waals surface area contributed by atoms with Gasteiger partial charge in [-0.05, 0) is 6.42 Å². The molecular weight excluding hydrogens is 196 g/mol. The van der Waals surface area contributed by atoms with Gasteiger partial charge in [0.25, 0.3) is 0 Å². The van der Waals surface area contributed by atoms with Gasteiger partial charge in [0.2, 0.25) is 0 Å². The van der Waals surface area contributed by atoms with E-state index in [1.165, 1.54) is 6.08 Å². The Hall–Kier alpha value is -0.606. The van der Waals surface area contributed by atoms with Crippen molar-refractivity contribution in [1.82, 2.24) is 0 Å². The molecule has 0 spiro atoms. The molecule has 0 aromatic rings. The third kappa shape index (κ3) is 1.32. The zero-order valence-corrected chi connectivity index (χ0v) is 7.84. The Balaban J connectivity index is 0.00000121. The van der Waals surface area contributed by atoms with E-state index in [2.05, 4.69) is 6.58 Å². The third-order valence-corrected chi connectivity index (χ3v) is 2.06. The quantitative estimate of drug-likeness (QED) is 0.395. The molecule has 12 heavy (non-hydrogen) atoms. The molecule has 0 aromatic heterocycles. The zero-order chi connectivity index (χ0) is 8.65. The van der Waals surface area contributed by atoms with Gasteiger partial charge in [0.05, 0.1) is 0 Å². The standard InChI is InChI=1S/C7H8O4.Ti/c1-2-4-3-7(4,5(8)9)6(10)11;/h2,4H,1,3H2,(H,8,9)(H,10,11);. The van der Waals surface area contributed by atoms with E-state index in [1.54, 1.807) is 0 Å². The minimum Gasteiger partial charge on any atom is -0.480 e. The summed E-state index contributed by atoms with van der Waals surface area (Å²) in [4.78, 5) is 20.9. The summed E-state index contributed by atoms with van der Waals surface area (Å²) >= 11 is 0. The SMILES string of the molecule is C=CC1CC1(C(=O)O)C(=O)O.[Ti]. The van der Waals surface area contributed by atoms with Crippen LogP contribution in [0.15, 0.2) is 12.7 Å². The van der Waals surface area contributed by atoms with E-state index in [1.807, 2.05) is 0 Å². The first kappa shape index (κ1) is 11.4. The van der Waals surface area contributed by atoms with Gasteiger partial charge in [0.1, 0.15) is 0 Å². The summed E-state index contributed by atoms with van der Waals surface area (Å²) in [6, 6.07) is 0. The molecule has 0 radical (unpaired) electrons. The topological polar surface area (TPSA) is 74.6 Å². The number of hydrogen-bond donors (Lipinski definition) is 2. The molecule has 1 saturated carbocycles. The average Bonchev–Trinajstić information content (AvgIpc) is 2.61. The van der Waals surface area contributed by atoms with Crippen LogP contribution in [0.25, 0.3) is 0 Å². The van der Waals surface area contributed by atoms with E-state index >= 15 is 0 Å². The molecule has 1 unspecified atom stereocenters. The first-order valence-electron chi connectivity index (χ1n) is 3.15. The van der Waals surface area contributed by atoms with E-state index in [9.17, 15) is 9.59 Å². The van der Waals surface area contributed by atoms with Crippen LogP contribution in [0.2, 0.25) is 0 Å². The molecule has 5 heteroatoms. The molecular formula is C7H8O4Ti. The summed E-state index contributed by atoms with van der Waals surface area (Å²) in [6.45, 7) is 3.36. The number of carboxylic acids is 2. The second-order valence-electron chi connectivity index (χ2n) is 2.63. The van der Waals surface area contributed by atoms with Gasteiger partial charge in [0.15, 0.2) is 5.41 Å². The Morgan fingerprint density at radius 1 is 1.42 bits per heavy atom. The van der Waals surface area contributed by atoms with Crippen molar-refractivity contribution in [1.29, 1.82) is 0 Å². The Kier molecular flexibility index (Phi) is 3.24. The number of carboxylic acid groups (broad SMARTS) is 2. The monoisotopic (exact) mass is 204 g/mol. The number of allylic oxidation sites excluding steroid dienone is 1. The number of hydrogen-bond acceptors (Lipinski definition) is 2. The van der Waals surface area contributed by atoms with Gasteiger partial charge in [-0.25, -0.2) is 0 Å². The summed E-state index contributed by atoms with van der Waals surface area (Å²) in [5.41, 5.74) is -1.57. The number of rotatable bonds is 3. The fourth-order valence-corrected chi connectivity index (χ4v) is 1.16. The molecule has 0 aromatic carbocycles. The van der Waals surface area contributed by atoms with Crippen LogP contribution in [0.4, 0.5) is 0 Å². The summed E-state index contributed by atoms with van der Waals surface area (Å²) in [7, 11) is 0. The molecule has 0 aliphatic heterocycles. The minimum atomic E-state index is -1.57. The summed E-state index contributed by atoms with van der Waals surface area (Å²) < 4.78 is 0. The van der Waals surface area contributed by atoms with E-state index < -0.39 is 23.3 Å². The maximum absolute atomic E-state index is 10.5. The van der Waals surface area contributed by atoms with Crippen LogP contribution in [0.1, 0.15) is 6.42 Å². The first-order chi connectivity index (χ1) is 5.05. The summed E-state index contributed by atoms with van der Waals surface area (Å²) in [5, 5.41) is 17.1. The molecule has 1 aliphatic rings. The normalized spacial score (nSPS) is 23.5. The second-order valence-corrected chi connectivity index (χ2v) is 2.63. The molecule has 64 valence electrons. The Morgan fingerprint density at radius 2 is 1.83 bits per heavy atom. The van der Waals surface area contributed by atoms with Crippen molar-refractivity contribution in [3.05, 3.63) is 12.7 Å². The number of carbonyl (C=O) groups is 2. The van der Waals surface area contributed by atoms with Crippen LogP contribution in [-0.2, 0) is 31.3 Å². The van der Waals surface area contributed by atoms with Crippen LogP contribution < -0.4 is 0 Å². The van der Waals surface area contributed by atoms with Crippen LogP contribution >= 0.6 is 0 Å². The molecule has 1 rings (SSSR count). The maximum Gasteiger partial charge on any atom is 0.321 e. The van der Waals surface area contributed by atoms with E-state index in [0.29, 0.717) is 0 Å². The van der Waals surface area contributed by atoms with Crippen LogP contribution in [0, 0.1) is 11.3 Å². The molecule has 1 aliphatic carbocycles. The largest absolute Gasteiger partial charge is 0.480 e. The fourth-order valence-electron chi connectivity index (χ4n) is 1.16. The summed E-state index contributed by atoms with van der Waals surface area (Å²) in [5.74, 6) is -2.94. The predicted molar refractivity (Wildman–Crippen MR) is 36.0 cm³/mol. The third-order valence-electron chi connectivity index (χ3n) is 2.06. The van der Waals surface area contributed by atoms with E-state index in [-0.39, 0.29) is 28.1 Å². The van der Waals surface area contributed by atoms with Crippen molar-refractivity contribution in [3.63, 3.8) is 0 Å². The fraction of sp³-hybridized carbons (Fsp3) is 0.429. The molecule has 0 heterocycles. The van der Waals surface area contributed by atoms with Gasteiger partial charge in [-0.2, -0.15) is 0 Å². The van der Waals surface area contributed by atoms with Gasteiger partial charge in [-0.1, -0.05) is 6.08 Å². The van der Waals surface area contributed by atoms with Crippen LogP contribution in [0.3, 0.4) is 0 Å². The van der Waals surface area contributed by atoms with Gasteiger partial charge >= 0.3 is 11.9 Å². The number of aliphatic carboxylic acids is 2. The Bertz CT molecular complexity index is 222. The van der Waals surface area contributed by atoms with Crippen LogP contribution in [-0.4, -0.2) is 22.2 Å². The molecule has 0 bridgehead atoms. The Labute approximate surface area is 84.2 Å². The van der Waals surface area contributed by atoms with Gasteiger partial charge in [0, 0.05) is 27.6 Å². The molecule has 1 fully saturated rings. The van der Waals surface area contributed by atoms with Gasteiger partial charge < -0.3 is 10.2 Å². The van der Waals surface area contributed by atoms with Gasteiger partial charge in [-0.3, -0.25) is 9.59 Å². The van der Waals surface area contributed by atoms with Crippen molar-refractivity contribution < 1.29 is 41.5 Å². The predicted octanol–water partition coefficient (Wildman–Crippen LogP) is 0.345. The minimum absolute atomic E-state index is 0. The van der Waals surface area contributed by atoms with Crippen molar-refractivity contribution in [2.24, 2.45) is 11.3 Å². The van der Waals surface area contributed by atoms with Crippen molar-refractivity contribution >= 4 is 11.9 Å². The second kappa shape index (κ2) is 3.41. The van der Waals surface area contributed by atoms with Crippen molar-refractivity contribution in [3.8, 4) is 0 Å². The molecule has 4 nitrogen and oxygen atoms in total.